The highest BCUT2D eigenvalue weighted by Gasteiger charge is 2.20. The summed E-state index contributed by atoms with van der Waals surface area (Å²) in [6.45, 7) is 2.45. The van der Waals surface area contributed by atoms with Crippen molar-refractivity contribution in [3.63, 3.8) is 0 Å². The molecule has 0 atom stereocenters. The molecule has 2 aromatic rings. The number of halogens is 1. The van der Waals surface area contributed by atoms with E-state index in [4.69, 9.17) is 0 Å². The van der Waals surface area contributed by atoms with Crippen molar-refractivity contribution in [3.8, 4) is 5.69 Å². The second-order valence-corrected chi connectivity index (χ2v) is 6.11. The molecule has 1 aliphatic carbocycles. The maximum absolute atomic E-state index is 11.1. The Morgan fingerprint density at radius 3 is 2.95 bits per heavy atom. The Labute approximate surface area is 130 Å². The number of aryl methyl sites for hydroxylation is 1. The van der Waals surface area contributed by atoms with Crippen molar-refractivity contribution >= 4 is 21.6 Å². The Kier molecular flexibility index (Phi) is 3.77. The minimum atomic E-state index is -0.371. The van der Waals surface area contributed by atoms with Crippen LogP contribution in [-0.2, 0) is 6.54 Å². The quantitative estimate of drug-likeness (QED) is 0.664. The van der Waals surface area contributed by atoms with Crippen LogP contribution < -0.4 is 5.32 Å². The zero-order valence-electron chi connectivity index (χ0n) is 11.5. The molecule has 1 heterocycles. The first-order chi connectivity index (χ1) is 10.0. The first-order valence-electron chi connectivity index (χ1n) is 6.77. The Hall–Kier alpha value is -1.73. The fourth-order valence-corrected chi connectivity index (χ4v) is 2.79. The summed E-state index contributed by atoms with van der Waals surface area (Å²) in [6, 6.07) is 5.84. The number of nitro benzene ring substituents is 1. The van der Waals surface area contributed by atoms with Gasteiger partial charge in [0.2, 0.25) is 0 Å². The van der Waals surface area contributed by atoms with Crippen LogP contribution in [0.3, 0.4) is 0 Å². The summed E-state index contributed by atoms with van der Waals surface area (Å²) in [5.41, 5.74) is 2.32. The molecule has 0 radical (unpaired) electrons. The zero-order valence-corrected chi connectivity index (χ0v) is 13.1. The maximum atomic E-state index is 11.1. The van der Waals surface area contributed by atoms with Crippen LogP contribution in [-0.4, -0.2) is 20.7 Å². The van der Waals surface area contributed by atoms with Crippen LogP contribution >= 0.6 is 15.9 Å². The summed E-state index contributed by atoms with van der Waals surface area (Å²) in [7, 11) is 0. The summed E-state index contributed by atoms with van der Waals surface area (Å²) >= 11 is 3.45. The van der Waals surface area contributed by atoms with E-state index in [1.54, 1.807) is 23.7 Å². The molecular formula is C14H15BrN4O2. The summed E-state index contributed by atoms with van der Waals surface area (Å²) in [5.74, 6) is 0. The lowest BCUT2D eigenvalue weighted by Crippen LogP contribution is -2.15. The Balaban J connectivity index is 1.88. The minimum absolute atomic E-state index is 0.0985. The number of rotatable bonds is 5. The third-order valence-corrected chi connectivity index (χ3v) is 4.14. The lowest BCUT2D eigenvalue weighted by Gasteiger charge is -2.06. The van der Waals surface area contributed by atoms with Crippen molar-refractivity contribution < 1.29 is 4.92 Å². The molecule has 1 N–H and O–H groups in total. The van der Waals surface area contributed by atoms with Gasteiger partial charge in [-0.25, -0.2) is 4.68 Å². The molecule has 1 fully saturated rings. The molecule has 110 valence electrons. The summed E-state index contributed by atoms with van der Waals surface area (Å²) in [4.78, 5) is 10.7. The van der Waals surface area contributed by atoms with Crippen molar-refractivity contribution in [3.05, 3.63) is 50.2 Å². The van der Waals surface area contributed by atoms with Crippen molar-refractivity contribution in [2.45, 2.75) is 32.4 Å². The molecule has 7 heteroatoms. The molecule has 0 saturated heterocycles. The number of nitrogens with zero attached hydrogens (tertiary/aromatic N) is 3. The Morgan fingerprint density at radius 2 is 2.29 bits per heavy atom. The van der Waals surface area contributed by atoms with Gasteiger partial charge in [0, 0.05) is 34.9 Å². The molecule has 0 amide bonds. The molecule has 1 aromatic heterocycles. The molecule has 1 aliphatic rings. The molecule has 3 rings (SSSR count). The van der Waals surface area contributed by atoms with E-state index >= 15 is 0 Å². The van der Waals surface area contributed by atoms with Crippen LogP contribution in [0.25, 0.3) is 5.69 Å². The third kappa shape index (κ3) is 3.14. The topological polar surface area (TPSA) is 73.0 Å². The van der Waals surface area contributed by atoms with Crippen LogP contribution in [0.1, 0.15) is 24.1 Å². The van der Waals surface area contributed by atoms with Crippen LogP contribution in [0, 0.1) is 17.0 Å². The first kappa shape index (κ1) is 14.2. The predicted molar refractivity (Wildman–Crippen MR) is 82.5 cm³/mol. The van der Waals surface area contributed by atoms with Gasteiger partial charge in [-0.05, 0) is 47.8 Å². The van der Waals surface area contributed by atoms with Gasteiger partial charge in [0.25, 0.3) is 5.69 Å². The highest BCUT2D eigenvalue weighted by molar-refractivity contribution is 9.10. The van der Waals surface area contributed by atoms with Gasteiger partial charge in [0.05, 0.1) is 16.3 Å². The van der Waals surface area contributed by atoms with E-state index in [1.165, 1.54) is 12.8 Å². The molecule has 1 saturated carbocycles. The second-order valence-electron chi connectivity index (χ2n) is 5.25. The molecule has 0 aliphatic heterocycles. The van der Waals surface area contributed by atoms with Crippen LogP contribution in [0.4, 0.5) is 5.69 Å². The van der Waals surface area contributed by atoms with E-state index in [9.17, 15) is 10.1 Å². The minimum Gasteiger partial charge on any atom is -0.308 e. The van der Waals surface area contributed by atoms with E-state index in [0.29, 0.717) is 17.3 Å². The number of hydrogen-bond acceptors (Lipinski definition) is 4. The summed E-state index contributed by atoms with van der Waals surface area (Å²) in [5, 5.41) is 18.9. The molecule has 6 nitrogen and oxygen atoms in total. The van der Waals surface area contributed by atoms with Gasteiger partial charge in [0.15, 0.2) is 0 Å². The van der Waals surface area contributed by atoms with E-state index in [2.05, 4.69) is 26.3 Å². The first-order valence-corrected chi connectivity index (χ1v) is 7.57. The van der Waals surface area contributed by atoms with E-state index in [0.717, 1.165) is 16.7 Å². The molecule has 0 bridgehead atoms. The van der Waals surface area contributed by atoms with Crippen LogP contribution in [0.2, 0.25) is 0 Å². The molecule has 21 heavy (non-hydrogen) atoms. The fraction of sp³-hybridized carbons (Fsp3) is 0.357. The molecule has 0 unspecified atom stereocenters. The number of nitrogens with one attached hydrogen (secondary N) is 1. The van der Waals surface area contributed by atoms with Gasteiger partial charge in [-0.15, -0.1) is 0 Å². The maximum Gasteiger partial charge on any atom is 0.274 e. The lowest BCUT2D eigenvalue weighted by molar-refractivity contribution is -0.385. The van der Waals surface area contributed by atoms with Gasteiger partial charge in [-0.2, -0.15) is 5.10 Å². The molecule has 0 spiro atoms. The number of nitro groups is 1. The summed E-state index contributed by atoms with van der Waals surface area (Å²) in [6.07, 6.45) is 4.29. The Bertz CT molecular complexity index is 694. The lowest BCUT2D eigenvalue weighted by atomic mass is 10.2. The average molecular weight is 351 g/mol. The number of hydrogen-bond donors (Lipinski definition) is 1. The van der Waals surface area contributed by atoms with Crippen molar-refractivity contribution in [1.82, 2.24) is 15.1 Å². The number of aromatic nitrogens is 2. The van der Waals surface area contributed by atoms with Gasteiger partial charge in [-0.1, -0.05) is 0 Å². The van der Waals surface area contributed by atoms with Gasteiger partial charge >= 0.3 is 0 Å². The van der Waals surface area contributed by atoms with Crippen LogP contribution in [0.5, 0.6) is 0 Å². The average Bonchev–Trinajstić information content (AvgIpc) is 3.14. The number of benzene rings is 1. The fourth-order valence-electron chi connectivity index (χ4n) is 2.15. The SMILES string of the molecule is Cc1cc(Br)c(-n2ccc(CNC3CC3)n2)cc1[N+](=O)[O-]. The smallest absolute Gasteiger partial charge is 0.274 e. The largest absolute Gasteiger partial charge is 0.308 e. The van der Waals surface area contributed by atoms with Gasteiger partial charge < -0.3 is 5.32 Å². The van der Waals surface area contributed by atoms with Crippen molar-refractivity contribution in [2.24, 2.45) is 0 Å². The van der Waals surface area contributed by atoms with Gasteiger partial charge in [0.1, 0.15) is 0 Å². The van der Waals surface area contributed by atoms with Crippen LogP contribution in [0.15, 0.2) is 28.9 Å². The van der Waals surface area contributed by atoms with Crippen molar-refractivity contribution in [1.29, 1.82) is 0 Å². The highest BCUT2D eigenvalue weighted by atomic mass is 79.9. The Morgan fingerprint density at radius 1 is 1.52 bits per heavy atom. The van der Waals surface area contributed by atoms with E-state index < -0.39 is 0 Å². The molecule has 1 aromatic carbocycles. The highest BCUT2D eigenvalue weighted by Crippen LogP contribution is 2.29. The molecular weight excluding hydrogens is 336 g/mol. The monoisotopic (exact) mass is 350 g/mol. The summed E-state index contributed by atoms with van der Waals surface area (Å²) < 4.78 is 2.45. The van der Waals surface area contributed by atoms with E-state index in [-0.39, 0.29) is 10.6 Å². The normalized spacial score (nSPS) is 14.4. The predicted octanol–water partition coefficient (Wildman–Crippen LogP) is 3.10. The van der Waals surface area contributed by atoms with Crippen molar-refractivity contribution in [2.75, 3.05) is 0 Å². The standard InChI is InChI=1S/C14H15BrN4O2/c1-9-6-12(15)14(7-13(9)19(20)21)18-5-4-11(17-18)8-16-10-2-3-10/h4-7,10,16H,2-3,8H2,1H3. The second kappa shape index (κ2) is 5.57. The van der Waals surface area contributed by atoms with E-state index in [1.807, 2.05) is 12.3 Å². The zero-order chi connectivity index (χ0) is 15.0. The van der Waals surface area contributed by atoms with Gasteiger partial charge in [-0.3, -0.25) is 10.1 Å². The third-order valence-electron chi connectivity index (χ3n) is 3.50.